The van der Waals surface area contributed by atoms with Crippen molar-refractivity contribution in [1.82, 2.24) is 0 Å². The lowest BCUT2D eigenvalue weighted by molar-refractivity contribution is -0.147. The van der Waals surface area contributed by atoms with E-state index in [0.717, 1.165) is 0 Å². The molecule has 6 nitrogen and oxygen atoms in total. The van der Waals surface area contributed by atoms with E-state index in [0.29, 0.717) is 32.8 Å². The summed E-state index contributed by atoms with van der Waals surface area (Å²) in [7, 11) is -2.82. The van der Waals surface area contributed by atoms with Gasteiger partial charge in [-0.05, 0) is 20.8 Å². The molecular formula is C11H22O6Si. The third-order valence-corrected chi connectivity index (χ3v) is 5.15. The molecule has 0 N–H and O–H groups in total. The van der Waals surface area contributed by atoms with E-state index < -0.39 is 14.9 Å². The van der Waals surface area contributed by atoms with Gasteiger partial charge in [0.25, 0.3) is 0 Å². The minimum absolute atomic E-state index is 0.183. The molecule has 0 aromatic rings. The van der Waals surface area contributed by atoms with Crippen LogP contribution in [0.15, 0.2) is 0 Å². The van der Waals surface area contributed by atoms with Crippen molar-refractivity contribution in [1.29, 1.82) is 0 Å². The average molecular weight is 278 g/mol. The van der Waals surface area contributed by atoms with Crippen molar-refractivity contribution in [2.75, 3.05) is 32.7 Å². The number of hydrogen-bond acceptors (Lipinski definition) is 6. The molecule has 7 heteroatoms. The Morgan fingerprint density at radius 2 is 1.72 bits per heavy atom. The second-order valence-corrected chi connectivity index (χ2v) is 6.26. The fourth-order valence-electron chi connectivity index (χ4n) is 1.74. The number of carbonyl (C=O) groups is 1. The van der Waals surface area contributed by atoms with Gasteiger partial charge in [0.05, 0.1) is 6.61 Å². The van der Waals surface area contributed by atoms with Gasteiger partial charge in [-0.1, -0.05) is 0 Å². The summed E-state index contributed by atoms with van der Waals surface area (Å²) in [6.45, 7) is 7.52. The molecule has 1 atom stereocenters. The smallest absolute Gasteiger partial charge is 0.464 e. The lowest BCUT2D eigenvalue weighted by Crippen LogP contribution is -2.51. The second-order valence-electron chi connectivity index (χ2n) is 3.74. The minimum atomic E-state index is -2.82. The molecule has 0 aromatic carbocycles. The molecule has 0 radical (unpaired) electrons. The number of ether oxygens (including phenoxy) is 2. The van der Waals surface area contributed by atoms with Crippen LogP contribution in [0.5, 0.6) is 0 Å². The van der Waals surface area contributed by atoms with Crippen molar-refractivity contribution in [2.45, 2.75) is 33.3 Å². The van der Waals surface area contributed by atoms with Gasteiger partial charge < -0.3 is 22.8 Å². The first-order chi connectivity index (χ1) is 8.67. The summed E-state index contributed by atoms with van der Waals surface area (Å²) in [6, 6.07) is 0. The summed E-state index contributed by atoms with van der Waals surface area (Å²) in [5.74, 6) is -0.317. The number of cyclic esters (lactones) is 1. The summed E-state index contributed by atoms with van der Waals surface area (Å²) in [4.78, 5) is 11.3. The van der Waals surface area contributed by atoms with Crippen LogP contribution < -0.4 is 0 Å². The van der Waals surface area contributed by atoms with Gasteiger partial charge in [-0.2, -0.15) is 0 Å². The van der Waals surface area contributed by atoms with E-state index in [1.54, 1.807) is 0 Å². The zero-order valence-corrected chi connectivity index (χ0v) is 12.3. The third-order valence-electron chi connectivity index (χ3n) is 2.44. The Hall–Kier alpha value is -0.473. The topological polar surface area (TPSA) is 63.2 Å². The molecular weight excluding hydrogens is 256 g/mol. The molecule has 0 amide bonds. The molecule has 0 spiro atoms. The van der Waals surface area contributed by atoms with Crippen molar-refractivity contribution in [3.05, 3.63) is 0 Å². The molecule has 0 saturated carbocycles. The maximum Gasteiger partial charge on any atom is 0.528 e. The largest absolute Gasteiger partial charge is 0.528 e. The van der Waals surface area contributed by atoms with Gasteiger partial charge in [-0.3, -0.25) is 0 Å². The van der Waals surface area contributed by atoms with Gasteiger partial charge in [0.1, 0.15) is 6.23 Å². The Bertz CT molecular complexity index is 243. The molecule has 1 aliphatic rings. The van der Waals surface area contributed by atoms with E-state index in [4.69, 9.17) is 22.8 Å². The molecule has 1 rings (SSSR count). The van der Waals surface area contributed by atoms with Gasteiger partial charge in [0, 0.05) is 26.2 Å². The molecule has 1 saturated heterocycles. The van der Waals surface area contributed by atoms with Crippen LogP contribution in [0.2, 0.25) is 0 Å². The first-order valence-corrected chi connectivity index (χ1v) is 8.30. The Labute approximate surface area is 109 Å². The number of rotatable bonds is 9. The predicted octanol–water partition coefficient (Wildman–Crippen LogP) is 0.906. The molecule has 1 heterocycles. The van der Waals surface area contributed by atoms with Crippen LogP contribution in [0.4, 0.5) is 0 Å². The zero-order chi connectivity index (χ0) is 13.4. The van der Waals surface area contributed by atoms with E-state index in [2.05, 4.69) is 0 Å². The van der Waals surface area contributed by atoms with Crippen LogP contribution in [0.3, 0.4) is 0 Å². The fourth-order valence-corrected chi connectivity index (χ4v) is 3.97. The van der Waals surface area contributed by atoms with Crippen molar-refractivity contribution >= 4 is 14.8 Å². The summed E-state index contributed by atoms with van der Waals surface area (Å²) < 4.78 is 27.3. The molecule has 1 unspecified atom stereocenters. The maximum atomic E-state index is 11.3. The van der Waals surface area contributed by atoms with E-state index in [1.807, 2.05) is 20.8 Å². The van der Waals surface area contributed by atoms with E-state index >= 15 is 0 Å². The number of hydrogen-bond donors (Lipinski definition) is 0. The Kier molecular flexibility index (Phi) is 6.80. The SMILES string of the molecule is CCO[Si](COC1CCOC1=O)(OCC)OCC. The van der Waals surface area contributed by atoms with E-state index in [9.17, 15) is 4.79 Å². The van der Waals surface area contributed by atoms with Crippen LogP contribution in [-0.4, -0.2) is 53.5 Å². The summed E-state index contributed by atoms with van der Waals surface area (Å²) in [6.07, 6.45) is 0.244. The highest BCUT2D eigenvalue weighted by atomic mass is 28.4. The highest BCUT2D eigenvalue weighted by molar-refractivity contribution is 6.60. The van der Waals surface area contributed by atoms with Crippen molar-refractivity contribution in [3.63, 3.8) is 0 Å². The zero-order valence-electron chi connectivity index (χ0n) is 11.3. The van der Waals surface area contributed by atoms with Crippen molar-refractivity contribution < 1.29 is 27.5 Å². The Morgan fingerprint density at radius 3 is 2.11 bits per heavy atom. The summed E-state index contributed by atoms with van der Waals surface area (Å²) >= 11 is 0. The van der Waals surface area contributed by atoms with Gasteiger partial charge in [-0.15, -0.1) is 0 Å². The normalized spacial score (nSPS) is 20.2. The summed E-state index contributed by atoms with van der Waals surface area (Å²) in [5, 5.41) is 0. The van der Waals surface area contributed by atoms with Crippen LogP contribution in [0, 0.1) is 0 Å². The third kappa shape index (κ3) is 4.32. The highest BCUT2D eigenvalue weighted by Crippen LogP contribution is 2.16. The Balaban J connectivity index is 2.55. The standard InChI is InChI=1S/C11H22O6Si/c1-4-15-18(16-5-2,17-6-3)9-14-10-7-8-13-11(10)12/h10H,4-9H2,1-3H3. The maximum absolute atomic E-state index is 11.3. The van der Waals surface area contributed by atoms with Crippen molar-refractivity contribution in [3.8, 4) is 0 Å². The molecule has 0 aliphatic carbocycles. The molecule has 0 aromatic heterocycles. The highest BCUT2D eigenvalue weighted by Gasteiger charge is 2.43. The molecule has 1 aliphatic heterocycles. The van der Waals surface area contributed by atoms with Gasteiger partial charge in [0.2, 0.25) is 0 Å². The van der Waals surface area contributed by atoms with Crippen LogP contribution >= 0.6 is 0 Å². The molecule has 0 bridgehead atoms. The van der Waals surface area contributed by atoms with Crippen LogP contribution in [-0.2, 0) is 27.5 Å². The Morgan fingerprint density at radius 1 is 1.17 bits per heavy atom. The van der Waals surface area contributed by atoms with Crippen LogP contribution in [0.1, 0.15) is 27.2 Å². The lowest BCUT2D eigenvalue weighted by atomic mass is 10.3. The molecule has 106 valence electrons. The summed E-state index contributed by atoms with van der Waals surface area (Å²) in [5.41, 5.74) is 0. The van der Waals surface area contributed by atoms with Gasteiger partial charge in [-0.25, -0.2) is 4.79 Å². The molecule has 1 fully saturated rings. The average Bonchev–Trinajstić information content (AvgIpc) is 2.73. The quantitative estimate of drug-likeness (QED) is 0.461. The second kappa shape index (κ2) is 7.85. The van der Waals surface area contributed by atoms with E-state index in [1.165, 1.54) is 0 Å². The minimum Gasteiger partial charge on any atom is -0.464 e. The van der Waals surface area contributed by atoms with Gasteiger partial charge in [0.15, 0.2) is 6.10 Å². The van der Waals surface area contributed by atoms with E-state index in [-0.39, 0.29) is 12.2 Å². The van der Waals surface area contributed by atoms with Crippen LogP contribution in [0.25, 0.3) is 0 Å². The first kappa shape index (κ1) is 15.6. The predicted molar refractivity (Wildman–Crippen MR) is 65.9 cm³/mol. The number of carbonyl (C=O) groups excluding carboxylic acids is 1. The number of esters is 1. The monoisotopic (exact) mass is 278 g/mol. The fraction of sp³-hybridized carbons (Fsp3) is 0.909. The lowest BCUT2D eigenvalue weighted by Gasteiger charge is -2.28. The van der Waals surface area contributed by atoms with Gasteiger partial charge >= 0.3 is 14.8 Å². The first-order valence-electron chi connectivity index (χ1n) is 6.37. The van der Waals surface area contributed by atoms with Crippen molar-refractivity contribution in [2.24, 2.45) is 0 Å². The molecule has 18 heavy (non-hydrogen) atoms.